The van der Waals surface area contributed by atoms with Crippen LogP contribution in [0.2, 0.25) is 0 Å². The predicted molar refractivity (Wildman–Crippen MR) is 72.5 cm³/mol. The van der Waals surface area contributed by atoms with Gasteiger partial charge in [0.05, 0.1) is 5.56 Å². The Balaban J connectivity index is 2.28. The van der Waals surface area contributed by atoms with Crippen LogP contribution in [0, 0.1) is 19.7 Å². The zero-order valence-electron chi connectivity index (χ0n) is 10.7. The Kier molecular flexibility index (Phi) is 3.46. The largest absolute Gasteiger partial charge is 0.398 e. The van der Waals surface area contributed by atoms with E-state index >= 15 is 0 Å². The van der Waals surface area contributed by atoms with E-state index in [1.807, 2.05) is 0 Å². The Morgan fingerprint density at radius 2 is 2.11 bits per heavy atom. The number of aromatic nitrogens is 1. The molecular formula is C14H14FN3O. The molecule has 1 heterocycles. The third kappa shape index (κ3) is 2.70. The Morgan fingerprint density at radius 3 is 2.79 bits per heavy atom. The van der Waals surface area contributed by atoms with Crippen molar-refractivity contribution < 1.29 is 9.18 Å². The van der Waals surface area contributed by atoms with E-state index in [4.69, 9.17) is 5.73 Å². The molecule has 0 radical (unpaired) electrons. The average molecular weight is 259 g/mol. The maximum Gasteiger partial charge on any atom is 0.259 e. The van der Waals surface area contributed by atoms with Crippen molar-refractivity contribution >= 4 is 17.3 Å². The molecule has 0 saturated carbocycles. The van der Waals surface area contributed by atoms with Crippen molar-refractivity contribution in [2.45, 2.75) is 13.8 Å². The quantitative estimate of drug-likeness (QED) is 0.871. The number of hydrogen-bond donors (Lipinski definition) is 2. The van der Waals surface area contributed by atoms with E-state index in [2.05, 4.69) is 10.3 Å². The van der Waals surface area contributed by atoms with E-state index in [-0.39, 0.29) is 11.4 Å². The first-order valence-corrected chi connectivity index (χ1v) is 5.77. The first-order valence-electron chi connectivity index (χ1n) is 5.77. The number of nitrogens with one attached hydrogen (secondary N) is 1. The zero-order valence-corrected chi connectivity index (χ0v) is 10.7. The maximum absolute atomic E-state index is 13.4. The SMILES string of the molecule is Cc1cc(N)c(C(=O)Nc2cccc(F)c2C)cn1. The third-order valence-electron chi connectivity index (χ3n) is 2.83. The number of aryl methyl sites for hydroxylation is 1. The smallest absolute Gasteiger partial charge is 0.259 e. The number of anilines is 2. The van der Waals surface area contributed by atoms with Gasteiger partial charge in [0.1, 0.15) is 5.82 Å². The molecule has 19 heavy (non-hydrogen) atoms. The molecule has 0 unspecified atom stereocenters. The van der Waals surface area contributed by atoms with Gasteiger partial charge in [-0.2, -0.15) is 0 Å². The van der Waals surface area contributed by atoms with Crippen LogP contribution in [-0.4, -0.2) is 10.9 Å². The minimum Gasteiger partial charge on any atom is -0.398 e. The van der Waals surface area contributed by atoms with Gasteiger partial charge in [0.15, 0.2) is 0 Å². The molecule has 1 amide bonds. The number of nitrogens with zero attached hydrogens (tertiary/aromatic N) is 1. The molecule has 0 aliphatic carbocycles. The average Bonchev–Trinajstić information content (AvgIpc) is 2.34. The molecule has 98 valence electrons. The summed E-state index contributed by atoms with van der Waals surface area (Å²) in [4.78, 5) is 16.1. The molecule has 2 aromatic rings. The molecular weight excluding hydrogens is 245 g/mol. The number of pyridine rings is 1. The second kappa shape index (κ2) is 5.06. The van der Waals surface area contributed by atoms with Gasteiger partial charge in [-0.05, 0) is 32.0 Å². The van der Waals surface area contributed by atoms with E-state index in [1.54, 1.807) is 26.0 Å². The first-order chi connectivity index (χ1) is 8.99. The lowest BCUT2D eigenvalue weighted by molar-refractivity contribution is 0.102. The highest BCUT2D eigenvalue weighted by Crippen LogP contribution is 2.19. The summed E-state index contributed by atoms with van der Waals surface area (Å²) in [5.41, 5.74) is 7.93. The number of amides is 1. The summed E-state index contributed by atoms with van der Waals surface area (Å²) < 4.78 is 13.4. The molecule has 0 bridgehead atoms. The third-order valence-corrected chi connectivity index (χ3v) is 2.83. The second-order valence-electron chi connectivity index (χ2n) is 4.28. The minimum absolute atomic E-state index is 0.272. The molecule has 0 saturated heterocycles. The number of carbonyl (C=O) groups excluding carboxylic acids is 1. The monoisotopic (exact) mass is 259 g/mol. The van der Waals surface area contributed by atoms with Crippen LogP contribution in [0.4, 0.5) is 15.8 Å². The summed E-state index contributed by atoms with van der Waals surface area (Å²) in [6, 6.07) is 6.13. The van der Waals surface area contributed by atoms with Crippen LogP contribution in [-0.2, 0) is 0 Å². The molecule has 4 nitrogen and oxygen atoms in total. The van der Waals surface area contributed by atoms with Gasteiger partial charge in [-0.1, -0.05) is 6.07 Å². The number of hydrogen-bond acceptors (Lipinski definition) is 3. The molecule has 0 atom stereocenters. The van der Waals surface area contributed by atoms with E-state index in [0.717, 1.165) is 5.69 Å². The first kappa shape index (κ1) is 13.0. The predicted octanol–water partition coefficient (Wildman–Crippen LogP) is 2.67. The van der Waals surface area contributed by atoms with Crippen LogP contribution in [0.15, 0.2) is 30.5 Å². The fourth-order valence-electron chi connectivity index (χ4n) is 1.70. The Labute approximate surface area is 110 Å². The van der Waals surface area contributed by atoms with Gasteiger partial charge in [-0.25, -0.2) is 4.39 Å². The summed E-state index contributed by atoms with van der Waals surface area (Å²) in [6.45, 7) is 3.39. The zero-order chi connectivity index (χ0) is 14.0. The van der Waals surface area contributed by atoms with Crippen LogP contribution in [0.1, 0.15) is 21.6 Å². The van der Waals surface area contributed by atoms with E-state index in [0.29, 0.717) is 16.9 Å². The number of nitrogen functional groups attached to an aromatic ring is 1. The van der Waals surface area contributed by atoms with Crippen LogP contribution < -0.4 is 11.1 Å². The summed E-state index contributed by atoms with van der Waals surface area (Å²) in [6.07, 6.45) is 1.41. The number of benzene rings is 1. The topological polar surface area (TPSA) is 68.0 Å². The lowest BCUT2D eigenvalue weighted by atomic mass is 10.1. The number of halogens is 1. The highest BCUT2D eigenvalue weighted by molar-refractivity contribution is 6.07. The summed E-state index contributed by atoms with van der Waals surface area (Å²) in [7, 11) is 0. The van der Waals surface area contributed by atoms with Crippen molar-refractivity contribution in [3.8, 4) is 0 Å². The normalized spacial score (nSPS) is 10.3. The summed E-state index contributed by atoms with van der Waals surface area (Å²) >= 11 is 0. The number of rotatable bonds is 2. The second-order valence-corrected chi connectivity index (χ2v) is 4.28. The molecule has 3 N–H and O–H groups in total. The van der Waals surface area contributed by atoms with E-state index in [9.17, 15) is 9.18 Å². The van der Waals surface area contributed by atoms with Gasteiger partial charge in [0.25, 0.3) is 5.91 Å². The molecule has 5 heteroatoms. The molecule has 0 aliphatic rings. The van der Waals surface area contributed by atoms with Crippen molar-refractivity contribution in [3.63, 3.8) is 0 Å². The van der Waals surface area contributed by atoms with Crippen molar-refractivity contribution in [1.82, 2.24) is 4.98 Å². The van der Waals surface area contributed by atoms with Gasteiger partial charge in [0, 0.05) is 28.8 Å². The van der Waals surface area contributed by atoms with E-state index < -0.39 is 5.91 Å². The van der Waals surface area contributed by atoms with Crippen LogP contribution in [0.5, 0.6) is 0 Å². The Hall–Kier alpha value is -2.43. The lowest BCUT2D eigenvalue weighted by Gasteiger charge is -2.10. The van der Waals surface area contributed by atoms with Crippen molar-refractivity contribution in [2.75, 3.05) is 11.1 Å². The molecule has 2 rings (SSSR count). The molecule has 0 spiro atoms. The molecule has 0 aliphatic heterocycles. The van der Waals surface area contributed by atoms with Crippen LogP contribution in [0.3, 0.4) is 0 Å². The lowest BCUT2D eigenvalue weighted by Crippen LogP contribution is -2.15. The van der Waals surface area contributed by atoms with E-state index in [1.165, 1.54) is 18.3 Å². The van der Waals surface area contributed by atoms with Gasteiger partial charge >= 0.3 is 0 Å². The van der Waals surface area contributed by atoms with Crippen molar-refractivity contribution in [2.24, 2.45) is 0 Å². The molecule has 1 aromatic heterocycles. The molecule has 0 fully saturated rings. The van der Waals surface area contributed by atoms with Crippen molar-refractivity contribution in [1.29, 1.82) is 0 Å². The van der Waals surface area contributed by atoms with Gasteiger partial charge in [-0.15, -0.1) is 0 Å². The van der Waals surface area contributed by atoms with Gasteiger partial charge in [-0.3, -0.25) is 9.78 Å². The standard InChI is InChI=1S/C14H14FN3O/c1-8-6-12(16)10(7-17-8)14(19)18-13-5-3-4-11(15)9(13)2/h3-7H,1-2H3,(H2,16,17)(H,18,19). The summed E-state index contributed by atoms with van der Waals surface area (Å²) in [5, 5.41) is 2.63. The number of nitrogens with two attached hydrogens (primary N) is 1. The fraction of sp³-hybridized carbons (Fsp3) is 0.143. The number of carbonyl (C=O) groups is 1. The van der Waals surface area contributed by atoms with Gasteiger partial charge < -0.3 is 11.1 Å². The van der Waals surface area contributed by atoms with Crippen LogP contribution in [0.25, 0.3) is 0 Å². The van der Waals surface area contributed by atoms with Crippen molar-refractivity contribution in [3.05, 3.63) is 53.1 Å². The van der Waals surface area contributed by atoms with Gasteiger partial charge in [0.2, 0.25) is 0 Å². The fourth-order valence-corrected chi connectivity index (χ4v) is 1.70. The maximum atomic E-state index is 13.4. The summed E-state index contributed by atoms with van der Waals surface area (Å²) in [5.74, 6) is -0.772. The highest BCUT2D eigenvalue weighted by Gasteiger charge is 2.12. The molecule has 1 aromatic carbocycles. The Bertz CT molecular complexity index is 641. The Morgan fingerprint density at radius 1 is 1.37 bits per heavy atom. The highest BCUT2D eigenvalue weighted by atomic mass is 19.1. The van der Waals surface area contributed by atoms with Crippen LogP contribution >= 0.6 is 0 Å². The minimum atomic E-state index is -0.404.